The van der Waals surface area contributed by atoms with Crippen molar-refractivity contribution in [1.82, 2.24) is 10.2 Å². The second-order valence-electron chi connectivity index (χ2n) is 4.48. The SMILES string of the molecule is NCC(=O)N[C@@H]1CCN(Cc2ccccc2)C1. The first-order chi connectivity index (χ1) is 8.28. The van der Waals surface area contributed by atoms with Crippen LogP contribution in [0.1, 0.15) is 12.0 Å². The van der Waals surface area contributed by atoms with E-state index in [2.05, 4.69) is 34.5 Å². The van der Waals surface area contributed by atoms with E-state index in [1.54, 1.807) is 0 Å². The van der Waals surface area contributed by atoms with Crippen LogP contribution in [0.5, 0.6) is 0 Å². The Morgan fingerprint density at radius 2 is 2.18 bits per heavy atom. The van der Waals surface area contributed by atoms with Crippen molar-refractivity contribution in [2.45, 2.75) is 19.0 Å². The van der Waals surface area contributed by atoms with E-state index in [9.17, 15) is 4.79 Å². The molecule has 0 aromatic heterocycles. The number of carbonyl (C=O) groups is 1. The zero-order valence-corrected chi connectivity index (χ0v) is 9.93. The molecule has 0 radical (unpaired) electrons. The number of likely N-dealkylation sites (tertiary alicyclic amines) is 1. The highest BCUT2D eigenvalue weighted by atomic mass is 16.1. The third kappa shape index (κ3) is 3.54. The number of nitrogens with zero attached hydrogens (tertiary/aromatic N) is 1. The molecule has 0 spiro atoms. The molecule has 1 heterocycles. The number of nitrogens with one attached hydrogen (secondary N) is 1. The standard InChI is InChI=1S/C13H19N3O/c14-8-13(17)15-12-6-7-16(10-12)9-11-4-2-1-3-5-11/h1-5,12H,6-10,14H2,(H,15,17)/t12-/m1/s1. The lowest BCUT2D eigenvalue weighted by Gasteiger charge is -2.16. The Morgan fingerprint density at radius 1 is 1.41 bits per heavy atom. The minimum absolute atomic E-state index is 0.0587. The molecule has 4 heteroatoms. The molecule has 3 N–H and O–H groups in total. The summed E-state index contributed by atoms with van der Waals surface area (Å²) in [6, 6.07) is 10.7. The van der Waals surface area contributed by atoms with Gasteiger partial charge in [-0.25, -0.2) is 0 Å². The van der Waals surface area contributed by atoms with E-state index >= 15 is 0 Å². The topological polar surface area (TPSA) is 58.4 Å². The molecule has 2 rings (SSSR count). The maximum Gasteiger partial charge on any atom is 0.233 e. The lowest BCUT2D eigenvalue weighted by atomic mass is 10.2. The number of nitrogens with two attached hydrogens (primary N) is 1. The van der Waals surface area contributed by atoms with E-state index in [1.807, 2.05) is 6.07 Å². The van der Waals surface area contributed by atoms with Crippen molar-refractivity contribution in [1.29, 1.82) is 0 Å². The minimum Gasteiger partial charge on any atom is -0.351 e. The second kappa shape index (κ2) is 5.80. The fourth-order valence-corrected chi connectivity index (χ4v) is 2.22. The summed E-state index contributed by atoms with van der Waals surface area (Å²) in [5, 5.41) is 2.94. The molecule has 0 bridgehead atoms. The van der Waals surface area contributed by atoms with Gasteiger partial charge in [-0.3, -0.25) is 9.69 Å². The summed E-state index contributed by atoms with van der Waals surface area (Å²) in [7, 11) is 0. The van der Waals surface area contributed by atoms with Crippen molar-refractivity contribution in [3.05, 3.63) is 35.9 Å². The van der Waals surface area contributed by atoms with Crippen LogP contribution < -0.4 is 11.1 Å². The molecule has 1 aromatic rings. The summed E-state index contributed by atoms with van der Waals surface area (Å²) in [5.74, 6) is -0.0587. The predicted octanol–water partition coefficient (Wildman–Crippen LogP) is 0.336. The minimum atomic E-state index is -0.0587. The summed E-state index contributed by atoms with van der Waals surface area (Å²) < 4.78 is 0. The highest BCUT2D eigenvalue weighted by Gasteiger charge is 2.23. The number of carbonyl (C=O) groups excluding carboxylic acids is 1. The van der Waals surface area contributed by atoms with Crippen molar-refractivity contribution >= 4 is 5.91 Å². The summed E-state index contributed by atoms with van der Waals surface area (Å²) in [5.41, 5.74) is 6.60. The number of amides is 1. The maximum absolute atomic E-state index is 11.2. The van der Waals surface area contributed by atoms with E-state index in [4.69, 9.17) is 5.73 Å². The fourth-order valence-electron chi connectivity index (χ4n) is 2.22. The van der Waals surface area contributed by atoms with Gasteiger partial charge < -0.3 is 11.1 Å². The first-order valence-electron chi connectivity index (χ1n) is 6.03. The number of benzene rings is 1. The van der Waals surface area contributed by atoms with Crippen LogP contribution >= 0.6 is 0 Å². The predicted molar refractivity (Wildman–Crippen MR) is 67.3 cm³/mol. The van der Waals surface area contributed by atoms with Gasteiger partial charge in [0.15, 0.2) is 0 Å². The van der Waals surface area contributed by atoms with Crippen molar-refractivity contribution in [2.24, 2.45) is 5.73 Å². The monoisotopic (exact) mass is 233 g/mol. The van der Waals surface area contributed by atoms with Gasteiger partial charge in [0.1, 0.15) is 0 Å². The van der Waals surface area contributed by atoms with E-state index < -0.39 is 0 Å². The zero-order valence-electron chi connectivity index (χ0n) is 9.93. The first kappa shape index (κ1) is 12.1. The van der Waals surface area contributed by atoms with Gasteiger partial charge in [0, 0.05) is 25.7 Å². The molecule has 1 aliphatic rings. The van der Waals surface area contributed by atoms with E-state index in [1.165, 1.54) is 5.56 Å². The molecule has 0 unspecified atom stereocenters. The first-order valence-corrected chi connectivity index (χ1v) is 6.03. The zero-order chi connectivity index (χ0) is 12.1. The summed E-state index contributed by atoms with van der Waals surface area (Å²) in [6.07, 6.45) is 1.01. The van der Waals surface area contributed by atoms with Gasteiger partial charge in [0.2, 0.25) is 5.91 Å². The Kier molecular flexibility index (Phi) is 4.12. The summed E-state index contributed by atoms with van der Waals surface area (Å²) >= 11 is 0. The molecular formula is C13H19N3O. The Hall–Kier alpha value is -1.39. The van der Waals surface area contributed by atoms with Crippen LogP contribution in [0.4, 0.5) is 0 Å². The van der Waals surface area contributed by atoms with Gasteiger partial charge in [-0.2, -0.15) is 0 Å². The molecule has 1 aromatic carbocycles. The van der Waals surface area contributed by atoms with Crippen molar-refractivity contribution < 1.29 is 4.79 Å². The average Bonchev–Trinajstić information content (AvgIpc) is 2.77. The number of rotatable bonds is 4. The van der Waals surface area contributed by atoms with Crippen LogP contribution in [0.2, 0.25) is 0 Å². The molecule has 0 saturated carbocycles. The molecule has 1 amide bonds. The molecule has 1 atom stereocenters. The molecule has 17 heavy (non-hydrogen) atoms. The number of hydrogen-bond acceptors (Lipinski definition) is 3. The van der Waals surface area contributed by atoms with Gasteiger partial charge >= 0.3 is 0 Å². The van der Waals surface area contributed by atoms with Crippen molar-refractivity contribution in [3.63, 3.8) is 0 Å². The van der Waals surface area contributed by atoms with Gasteiger partial charge in [0.25, 0.3) is 0 Å². The van der Waals surface area contributed by atoms with Crippen LogP contribution in [0, 0.1) is 0 Å². The third-order valence-corrected chi connectivity index (χ3v) is 3.07. The molecule has 92 valence electrons. The normalized spacial score (nSPS) is 20.4. The van der Waals surface area contributed by atoms with Gasteiger partial charge in [0.05, 0.1) is 6.54 Å². The number of hydrogen-bond donors (Lipinski definition) is 2. The fraction of sp³-hybridized carbons (Fsp3) is 0.462. The third-order valence-electron chi connectivity index (χ3n) is 3.07. The summed E-state index contributed by atoms with van der Waals surface area (Å²) in [4.78, 5) is 13.5. The van der Waals surface area contributed by atoms with Crippen LogP contribution in [0.15, 0.2) is 30.3 Å². The lowest BCUT2D eigenvalue weighted by Crippen LogP contribution is -2.40. The second-order valence-corrected chi connectivity index (χ2v) is 4.48. The van der Waals surface area contributed by atoms with E-state index in [0.717, 1.165) is 26.1 Å². The van der Waals surface area contributed by atoms with Crippen molar-refractivity contribution in [3.8, 4) is 0 Å². The van der Waals surface area contributed by atoms with Gasteiger partial charge in [-0.1, -0.05) is 30.3 Å². The molecule has 1 fully saturated rings. The average molecular weight is 233 g/mol. The molecule has 4 nitrogen and oxygen atoms in total. The van der Waals surface area contributed by atoms with Crippen molar-refractivity contribution in [2.75, 3.05) is 19.6 Å². The highest BCUT2D eigenvalue weighted by Crippen LogP contribution is 2.13. The Morgan fingerprint density at radius 3 is 2.88 bits per heavy atom. The Balaban J connectivity index is 1.80. The molecule has 0 aliphatic carbocycles. The van der Waals surface area contributed by atoms with Gasteiger partial charge in [-0.05, 0) is 12.0 Å². The Bertz CT molecular complexity index is 366. The molecule has 1 aliphatic heterocycles. The van der Waals surface area contributed by atoms with E-state index in [-0.39, 0.29) is 18.5 Å². The lowest BCUT2D eigenvalue weighted by molar-refractivity contribution is -0.120. The van der Waals surface area contributed by atoms with Crippen LogP contribution in [0.25, 0.3) is 0 Å². The summed E-state index contributed by atoms with van der Waals surface area (Å²) in [6.45, 7) is 2.98. The molecular weight excluding hydrogens is 214 g/mol. The largest absolute Gasteiger partial charge is 0.351 e. The molecule has 1 saturated heterocycles. The van der Waals surface area contributed by atoms with Crippen LogP contribution in [-0.4, -0.2) is 36.5 Å². The van der Waals surface area contributed by atoms with Gasteiger partial charge in [-0.15, -0.1) is 0 Å². The van der Waals surface area contributed by atoms with Crippen LogP contribution in [0.3, 0.4) is 0 Å². The smallest absolute Gasteiger partial charge is 0.233 e. The highest BCUT2D eigenvalue weighted by molar-refractivity contribution is 5.78. The quantitative estimate of drug-likeness (QED) is 0.788. The van der Waals surface area contributed by atoms with Crippen LogP contribution in [-0.2, 0) is 11.3 Å². The Labute approximate surface area is 102 Å². The van der Waals surface area contributed by atoms with E-state index in [0.29, 0.717) is 0 Å². The maximum atomic E-state index is 11.2.